The van der Waals surface area contributed by atoms with Crippen molar-refractivity contribution < 1.29 is 14.7 Å². The summed E-state index contributed by atoms with van der Waals surface area (Å²) >= 11 is 0. The van der Waals surface area contributed by atoms with E-state index in [1.807, 2.05) is 0 Å². The van der Waals surface area contributed by atoms with Gasteiger partial charge < -0.3 is 15.7 Å². The summed E-state index contributed by atoms with van der Waals surface area (Å²) in [5, 5.41) is 8.80. The third-order valence-electron chi connectivity index (χ3n) is 3.20. The number of carboxylic acids is 1. The molecule has 1 saturated carbocycles. The minimum atomic E-state index is -0.924. The third kappa shape index (κ3) is 6.59. The smallest absolute Gasteiger partial charge is 0.323 e. The molecule has 1 aliphatic rings. The van der Waals surface area contributed by atoms with Crippen LogP contribution in [0.1, 0.15) is 44.9 Å². The van der Waals surface area contributed by atoms with E-state index in [9.17, 15) is 9.59 Å². The minimum Gasteiger partial charge on any atom is -0.480 e. The van der Waals surface area contributed by atoms with Crippen LogP contribution in [0.25, 0.3) is 0 Å². The largest absolute Gasteiger partial charge is 0.480 e. The van der Waals surface area contributed by atoms with Crippen molar-refractivity contribution in [1.29, 1.82) is 0 Å². The molecule has 0 aromatic rings. The van der Waals surface area contributed by atoms with Crippen molar-refractivity contribution in [3.8, 4) is 0 Å². The molecule has 0 radical (unpaired) electrons. The fraction of sp³-hybridized carbons (Fsp3) is 0.846. The van der Waals surface area contributed by atoms with Gasteiger partial charge in [-0.05, 0) is 38.1 Å². The monoisotopic (exact) mass is 256 g/mol. The molecule has 1 amide bonds. The molecular formula is C13H24N2O3. The van der Waals surface area contributed by atoms with Crippen molar-refractivity contribution >= 4 is 11.9 Å². The average molecular weight is 256 g/mol. The zero-order chi connectivity index (χ0) is 13.4. The van der Waals surface area contributed by atoms with Gasteiger partial charge in [-0.15, -0.1) is 0 Å². The lowest BCUT2D eigenvalue weighted by Gasteiger charge is -2.20. The van der Waals surface area contributed by atoms with Crippen LogP contribution in [0.3, 0.4) is 0 Å². The first-order chi connectivity index (χ1) is 8.63. The highest BCUT2D eigenvalue weighted by Gasteiger charge is 2.27. The second kappa shape index (κ2) is 8.08. The summed E-state index contributed by atoms with van der Waals surface area (Å²) in [6, 6.07) is 0. The molecular weight excluding hydrogens is 232 g/mol. The van der Waals surface area contributed by atoms with Crippen LogP contribution in [0.15, 0.2) is 0 Å². The molecule has 0 heterocycles. The van der Waals surface area contributed by atoms with E-state index in [1.165, 1.54) is 4.90 Å². The summed E-state index contributed by atoms with van der Waals surface area (Å²) in [7, 11) is 0. The Balaban J connectivity index is 2.22. The number of unbranched alkanes of at least 4 members (excludes halogenated alkanes) is 3. The highest BCUT2D eigenvalue weighted by Crippen LogP contribution is 2.29. The van der Waals surface area contributed by atoms with Gasteiger partial charge in [0.25, 0.3) is 0 Å². The molecule has 104 valence electrons. The Hall–Kier alpha value is -1.10. The summed E-state index contributed by atoms with van der Waals surface area (Å²) in [5.74, 6) is -0.408. The predicted molar refractivity (Wildman–Crippen MR) is 69.1 cm³/mol. The van der Waals surface area contributed by atoms with Gasteiger partial charge in [-0.1, -0.05) is 12.8 Å². The van der Waals surface area contributed by atoms with E-state index < -0.39 is 5.97 Å². The zero-order valence-electron chi connectivity index (χ0n) is 10.9. The van der Waals surface area contributed by atoms with Crippen LogP contribution >= 0.6 is 0 Å². The molecule has 1 fully saturated rings. The first-order valence-corrected chi connectivity index (χ1v) is 6.83. The van der Waals surface area contributed by atoms with Crippen LogP contribution < -0.4 is 5.73 Å². The molecule has 0 bridgehead atoms. The Morgan fingerprint density at radius 2 is 1.83 bits per heavy atom. The van der Waals surface area contributed by atoms with Crippen molar-refractivity contribution in [3.63, 3.8) is 0 Å². The Labute approximate surface area is 108 Å². The molecule has 0 aliphatic heterocycles. The first-order valence-electron chi connectivity index (χ1n) is 6.83. The van der Waals surface area contributed by atoms with Gasteiger partial charge in [-0.2, -0.15) is 0 Å². The van der Waals surface area contributed by atoms with Gasteiger partial charge in [-0.25, -0.2) is 0 Å². The minimum absolute atomic E-state index is 0.0166. The van der Waals surface area contributed by atoms with Crippen LogP contribution in [-0.2, 0) is 9.59 Å². The maximum absolute atomic E-state index is 11.9. The Morgan fingerprint density at radius 1 is 1.17 bits per heavy atom. The number of carboxylic acid groups (broad SMARTS) is 1. The lowest BCUT2D eigenvalue weighted by molar-refractivity contribution is -0.144. The molecule has 0 aromatic heterocycles. The molecule has 3 N–H and O–H groups in total. The number of hydrogen-bond acceptors (Lipinski definition) is 3. The van der Waals surface area contributed by atoms with E-state index in [-0.39, 0.29) is 12.5 Å². The molecule has 1 aliphatic carbocycles. The topological polar surface area (TPSA) is 83.6 Å². The maximum Gasteiger partial charge on any atom is 0.323 e. The van der Waals surface area contributed by atoms with Crippen molar-refractivity contribution in [2.75, 3.05) is 19.6 Å². The Bertz CT molecular complexity index is 277. The van der Waals surface area contributed by atoms with Crippen LogP contribution in [0, 0.1) is 5.92 Å². The lowest BCUT2D eigenvalue weighted by Crippen LogP contribution is -2.37. The van der Waals surface area contributed by atoms with Crippen molar-refractivity contribution in [3.05, 3.63) is 0 Å². The van der Waals surface area contributed by atoms with E-state index in [0.29, 0.717) is 25.4 Å². The fourth-order valence-electron chi connectivity index (χ4n) is 1.96. The van der Waals surface area contributed by atoms with Gasteiger partial charge in [0, 0.05) is 13.0 Å². The highest BCUT2D eigenvalue weighted by atomic mass is 16.4. The number of amides is 1. The van der Waals surface area contributed by atoms with E-state index in [4.69, 9.17) is 10.8 Å². The fourth-order valence-corrected chi connectivity index (χ4v) is 1.96. The maximum atomic E-state index is 11.9. The molecule has 0 aromatic carbocycles. The SMILES string of the molecule is NCCCCCCC(=O)N(CC(=O)O)CC1CC1. The van der Waals surface area contributed by atoms with Gasteiger partial charge in [-0.3, -0.25) is 9.59 Å². The van der Waals surface area contributed by atoms with Crippen LogP contribution in [0.4, 0.5) is 0 Å². The molecule has 18 heavy (non-hydrogen) atoms. The van der Waals surface area contributed by atoms with Crippen LogP contribution in [0.5, 0.6) is 0 Å². The molecule has 0 unspecified atom stereocenters. The van der Waals surface area contributed by atoms with Gasteiger partial charge in [0.05, 0.1) is 0 Å². The number of rotatable bonds is 10. The number of carbonyl (C=O) groups excluding carboxylic acids is 1. The van der Waals surface area contributed by atoms with E-state index >= 15 is 0 Å². The van der Waals surface area contributed by atoms with Crippen molar-refractivity contribution in [2.24, 2.45) is 11.7 Å². The molecule has 5 heteroatoms. The summed E-state index contributed by atoms with van der Waals surface area (Å²) in [4.78, 5) is 24.1. The van der Waals surface area contributed by atoms with Gasteiger partial charge >= 0.3 is 5.97 Å². The van der Waals surface area contributed by atoms with Gasteiger partial charge in [0.1, 0.15) is 6.54 Å². The average Bonchev–Trinajstić information content (AvgIpc) is 3.11. The standard InChI is InChI=1S/C13H24N2O3/c14-8-4-2-1-3-5-12(16)15(10-13(17)18)9-11-6-7-11/h11H,1-10,14H2,(H,17,18). The summed E-state index contributed by atoms with van der Waals surface area (Å²) in [5.41, 5.74) is 5.39. The molecule has 0 atom stereocenters. The number of nitrogens with zero attached hydrogens (tertiary/aromatic N) is 1. The number of aliphatic carboxylic acids is 1. The highest BCUT2D eigenvalue weighted by molar-refractivity contribution is 5.81. The zero-order valence-corrected chi connectivity index (χ0v) is 10.9. The Morgan fingerprint density at radius 3 is 2.39 bits per heavy atom. The third-order valence-corrected chi connectivity index (χ3v) is 3.20. The second-order valence-electron chi connectivity index (χ2n) is 5.06. The van der Waals surface area contributed by atoms with Gasteiger partial charge in [0.15, 0.2) is 0 Å². The Kier molecular flexibility index (Phi) is 6.72. The summed E-state index contributed by atoms with van der Waals surface area (Å²) < 4.78 is 0. The molecule has 1 rings (SSSR count). The quantitative estimate of drug-likeness (QED) is 0.576. The first kappa shape index (κ1) is 15.0. The summed E-state index contributed by atoms with van der Waals surface area (Å²) in [6.07, 6.45) is 6.58. The van der Waals surface area contributed by atoms with E-state index in [2.05, 4.69) is 0 Å². The number of carbonyl (C=O) groups is 2. The van der Waals surface area contributed by atoms with Crippen LogP contribution in [0.2, 0.25) is 0 Å². The summed E-state index contributed by atoms with van der Waals surface area (Å²) in [6.45, 7) is 1.16. The number of nitrogens with two attached hydrogens (primary N) is 1. The van der Waals surface area contributed by atoms with E-state index in [1.54, 1.807) is 0 Å². The molecule has 0 spiro atoms. The number of hydrogen-bond donors (Lipinski definition) is 2. The molecule has 5 nitrogen and oxygen atoms in total. The van der Waals surface area contributed by atoms with Crippen molar-refractivity contribution in [2.45, 2.75) is 44.9 Å². The van der Waals surface area contributed by atoms with Gasteiger partial charge in [0.2, 0.25) is 5.91 Å². The lowest BCUT2D eigenvalue weighted by atomic mass is 10.1. The normalized spacial score (nSPS) is 14.5. The molecule has 0 saturated heterocycles. The van der Waals surface area contributed by atoms with Crippen LogP contribution in [-0.4, -0.2) is 41.5 Å². The second-order valence-corrected chi connectivity index (χ2v) is 5.06. The predicted octanol–water partition coefficient (Wildman–Crippen LogP) is 1.22. The van der Waals surface area contributed by atoms with Crippen molar-refractivity contribution in [1.82, 2.24) is 4.90 Å². The van der Waals surface area contributed by atoms with E-state index in [0.717, 1.165) is 38.5 Å².